The second-order valence-electron chi connectivity index (χ2n) is 6.98. The highest BCUT2D eigenvalue weighted by atomic mass is 127. The standard InChI is InChI=1S/C18H29N5O3S.HI/c1-2-19-18(20-14-16-6-4-3-5-7-16)22-9-11-23(12-10-22)27(24,25)15-17-8-13-26-21-17;/h3-4,8,13,16H,2,5-7,9-12,14-15H2,1H3,(H,19,20);1H. The maximum atomic E-state index is 12.6. The van der Waals surface area contributed by atoms with Crippen LogP contribution in [0.3, 0.4) is 0 Å². The van der Waals surface area contributed by atoms with E-state index in [1.807, 2.05) is 0 Å². The monoisotopic (exact) mass is 523 g/mol. The van der Waals surface area contributed by atoms with Gasteiger partial charge < -0.3 is 14.7 Å². The predicted molar refractivity (Wildman–Crippen MR) is 120 cm³/mol. The van der Waals surface area contributed by atoms with Gasteiger partial charge in [0.2, 0.25) is 10.0 Å². The van der Waals surface area contributed by atoms with E-state index in [2.05, 4.69) is 34.4 Å². The van der Waals surface area contributed by atoms with Gasteiger partial charge in [0.1, 0.15) is 12.0 Å². The molecule has 1 saturated heterocycles. The molecule has 158 valence electrons. The minimum Gasteiger partial charge on any atom is -0.364 e. The van der Waals surface area contributed by atoms with Crippen LogP contribution in [0.2, 0.25) is 0 Å². The van der Waals surface area contributed by atoms with Crippen molar-refractivity contribution in [3.63, 3.8) is 0 Å². The summed E-state index contributed by atoms with van der Waals surface area (Å²) in [5.74, 6) is 1.38. The molecular formula is C18H30IN5O3S. The fraction of sp³-hybridized carbons (Fsp3) is 0.667. The Morgan fingerprint density at radius 1 is 1.32 bits per heavy atom. The van der Waals surface area contributed by atoms with Gasteiger partial charge in [0.15, 0.2) is 5.96 Å². The Hall–Kier alpha value is -1.14. The minimum atomic E-state index is -3.38. The van der Waals surface area contributed by atoms with Gasteiger partial charge in [0.05, 0.1) is 5.69 Å². The van der Waals surface area contributed by atoms with Crippen molar-refractivity contribution in [2.24, 2.45) is 10.9 Å². The van der Waals surface area contributed by atoms with Gasteiger partial charge >= 0.3 is 0 Å². The molecule has 1 aromatic rings. The van der Waals surface area contributed by atoms with E-state index in [9.17, 15) is 8.42 Å². The summed E-state index contributed by atoms with van der Waals surface area (Å²) in [6.45, 7) is 5.85. The van der Waals surface area contributed by atoms with Crippen molar-refractivity contribution in [3.05, 3.63) is 30.2 Å². The number of rotatable bonds is 6. The zero-order valence-electron chi connectivity index (χ0n) is 16.3. The Bertz CT molecular complexity index is 743. The topological polar surface area (TPSA) is 91.0 Å². The van der Waals surface area contributed by atoms with Gasteiger partial charge in [-0.3, -0.25) is 4.99 Å². The van der Waals surface area contributed by atoms with E-state index in [0.29, 0.717) is 37.8 Å². The highest BCUT2D eigenvalue weighted by Crippen LogP contribution is 2.18. The van der Waals surface area contributed by atoms with E-state index in [-0.39, 0.29) is 29.7 Å². The second kappa shape index (κ2) is 11.1. The van der Waals surface area contributed by atoms with Crippen LogP contribution in [0.25, 0.3) is 0 Å². The average Bonchev–Trinajstić information content (AvgIpc) is 3.18. The Morgan fingerprint density at radius 2 is 2.11 bits per heavy atom. The zero-order chi connectivity index (χ0) is 19.1. The third kappa shape index (κ3) is 6.45. The molecule has 3 rings (SSSR count). The molecule has 8 nitrogen and oxygen atoms in total. The molecule has 0 aromatic carbocycles. The Labute approximate surface area is 184 Å². The first kappa shape index (κ1) is 23.1. The predicted octanol–water partition coefficient (Wildman–Crippen LogP) is 2.06. The van der Waals surface area contributed by atoms with Crippen LogP contribution >= 0.6 is 24.0 Å². The van der Waals surface area contributed by atoms with Crippen molar-refractivity contribution in [2.75, 3.05) is 39.3 Å². The van der Waals surface area contributed by atoms with Crippen LogP contribution in [0.15, 0.2) is 34.0 Å². The average molecular weight is 523 g/mol. The summed E-state index contributed by atoms with van der Waals surface area (Å²) in [6.07, 6.45) is 9.30. The number of halogens is 1. The summed E-state index contributed by atoms with van der Waals surface area (Å²) in [5, 5.41) is 7.06. The molecule has 1 fully saturated rings. The molecule has 28 heavy (non-hydrogen) atoms. The van der Waals surface area contributed by atoms with E-state index in [0.717, 1.165) is 31.9 Å². The SMILES string of the molecule is CCNC(=NCC1CC=CCC1)N1CCN(S(=O)(=O)Cc2ccon2)CC1.I. The van der Waals surface area contributed by atoms with Crippen LogP contribution in [0, 0.1) is 5.92 Å². The number of nitrogens with one attached hydrogen (secondary N) is 1. The molecule has 0 bridgehead atoms. The van der Waals surface area contributed by atoms with Crippen molar-refractivity contribution >= 4 is 40.0 Å². The van der Waals surface area contributed by atoms with Gasteiger partial charge in [-0.25, -0.2) is 8.42 Å². The summed E-state index contributed by atoms with van der Waals surface area (Å²) in [4.78, 5) is 6.97. The fourth-order valence-corrected chi connectivity index (χ4v) is 4.86. The van der Waals surface area contributed by atoms with E-state index < -0.39 is 10.0 Å². The quantitative estimate of drug-likeness (QED) is 0.266. The summed E-state index contributed by atoms with van der Waals surface area (Å²) in [5.41, 5.74) is 0.439. The van der Waals surface area contributed by atoms with Crippen LogP contribution < -0.4 is 5.32 Å². The lowest BCUT2D eigenvalue weighted by Gasteiger charge is -2.36. The van der Waals surface area contributed by atoms with Gasteiger partial charge in [0, 0.05) is 45.3 Å². The van der Waals surface area contributed by atoms with Crippen LogP contribution in [-0.4, -0.2) is 68.0 Å². The van der Waals surface area contributed by atoms with Crippen LogP contribution in [-0.2, 0) is 15.8 Å². The molecule has 1 aliphatic heterocycles. The maximum absolute atomic E-state index is 12.6. The number of piperazine rings is 1. The molecule has 2 aliphatic rings. The molecule has 1 unspecified atom stereocenters. The summed E-state index contributed by atoms with van der Waals surface area (Å²) >= 11 is 0. The van der Waals surface area contributed by atoms with Crippen LogP contribution in [0.4, 0.5) is 0 Å². The first-order chi connectivity index (χ1) is 13.1. The fourth-order valence-electron chi connectivity index (χ4n) is 3.43. The number of sulfonamides is 1. The van der Waals surface area contributed by atoms with Gasteiger partial charge in [-0.2, -0.15) is 4.31 Å². The third-order valence-corrected chi connectivity index (χ3v) is 6.78. The molecule has 1 aliphatic carbocycles. The number of aliphatic imine (C=N–C) groups is 1. The molecule has 2 heterocycles. The molecule has 1 aromatic heterocycles. The number of nitrogens with zero attached hydrogens (tertiary/aromatic N) is 4. The summed E-state index contributed by atoms with van der Waals surface area (Å²) in [7, 11) is -3.38. The number of guanidine groups is 1. The first-order valence-corrected chi connectivity index (χ1v) is 11.2. The molecule has 0 saturated carbocycles. The van der Waals surface area contributed by atoms with Gasteiger partial charge in [-0.05, 0) is 32.1 Å². The van der Waals surface area contributed by atoms with Crippen LogP contribution in [0.5, 0.6) is 0 Å². The smallest absolute Gasteiger partial charge is 0.220 e. The van der Waals surface area contributed by atoms with Crippen molar-refractivity contribution in [3.8, 4) is 0 Å². The highest BCUT2D eigenvalue weighted by Gasteiger charge is 2.29. The van der Waals surface area contributed by atoms with E-state index in [1.54, 1.807) is 6.07 Å². The van der Waals surface area contributed by atoms with Crippen molar-refractivity contribution in [2.45, 2.75) is 31.9 Å². The lowest BCUT2D eigenvalue weighted by Crippen LogP contribution is -2.54. The highest BCUT2D eigenvalue weighted by molar-refractivity contribution is 14.0. The van der Waals surface area contributed by atoms with E-state index in [4.69, 9.17) is 9.52 Å². The Kier molecular flexibility index (Phi) is 9.22. The maximum Gasteiger partial charge on any atom is 0.220 e. The minimum absolute atomic E-state index is 0. The lowest BCUT2D eigenvalue weighted by atomic mass is 9.95. The Morgan fingerprint density at radius 3 is 2.71 bits per heavy atom. The van der Waals surface area contributed by atoms with E-state index >= 15 is 0 Å². The normalized spacial score (nSPS) is 21.4. The van der Waals surface area contributed by atoms with Gasteiger partial charge in [-0.15, -0.1) is 24.0 Å². The molecule has 1 N–H and O–H groups in total. The summed E-state index contributed by atoms with van der Waals surface area (Å²) in [6, 6.07) is 1.59. The lowest BCUT2D eigenvalue weighted by molar-refractivity contribution is 0.259. The third-order valence-electron chi connectivity index (χ3n) is 4.96. The first-order valence-electron chi connectivity index (χ1n) is 9.64. The molecule has 0 radical (unpaired) electrons. The largest absolute Gasteiger partial charge is 0.364 e. The number of allylic oxidation sites excluding steroid dienone is 2. The van der Waals surface area contributed by atoms with Crippen molar-refractivity contribution in [1.82, 2.24) is 19.7 Å². The number of hydrogen-bond acceptors (Lipinski definition) is 5. The van der Waals surface area contributed by atoms with Crippen molar-refractivity contribution in [1.29, 1.82) is 0 Å². The Balaban J connectivity index is 0.00000280. The zero-order valence-corrected chi connectivity index (χ0v) is 19.4. The van der Waals surface area contributed by atoms with Crippen LogP contribution in [0.1, 0.15) is 31.9 Å². The molecule has 0 amide bonds. The molecule has 0 spiro atoms. The van der Waals surface area contributed by atoms with E-state index in [1.165, 1.54) is 17.0 Å². The summed E-state index contributed by atoms with van der Waals surface area (Å²) < 4.78 is 31.4. The number of hydrogen-bond donors (Lipinski definition) is 1. The molecule has 10 heteroatoms. The molecule has 1 atom stereocenters. The molecular weight excluding hydrogens is 493 g/mol. The van der Waals surface area contributed by atoms with Crippen molar-refractivity contribution < 1.29 is 12.9 Å². The number of aromatic nitrogens is 1. The van der Waals surface area contributed by atoms with Gasteiger partial charge in [-0.1, -0.05) is 17.3 Å². The van der Waals surface area contributed by atoms with Gasteiger partial charge in [0.25, 0.3) is 0 Å². The second-order valence-corrected chi connectivity index (χ2v) is 8.95.